The molecule has 3 atom stereocenters. The number of carbonyl (C=O) groups is 2. The number of benzene rings is 2. The van der Waals surface area contributed by atoms with Gasteiger partial charge in [-0.2, -0.15) is 0 Å². The van der Waals surface area contributed by atoms with E-state index < -0.39 is 12.0 Å². The number of carbonyl (C=O) groups excluding carboxylic acids is 2. The quantitative estimate of drug-likeness (QED) is 0.703. The lowest BCUT2D eigenvalue weighted by molar-refractivity contribution is -0.131. The number of amides is 2. The lowest BCUT2D eigenvalue weighted by Crippen LogP contribution is -2.54. The van der Waals surface area contributed by atoms with Crippen molar-refractivity contribution >= 4 is 11.8 Å². The van der Waals surface area contributed by atoms with Crippen molar-refractivity contribution in [1.82, 2.24) is 10.6 Å². The summed E-state index contributed by atoms with van der Waals surface area (Å²) < 4.78 is 0. The molecular weight excluding hydrogens is 372 g/mol. The Morgan fingerprint density at radius 1 is 0.833 bits per heavy atom. The second kappa shape index (κ2) is 10.4. The highest BCUT2D eigenvalue weighted by Gasteiger charge is 2.32. The van der Waals surface area contributed by atoms with Crippen molar-refractivity contribution in [2.75, 3.05) is 0 Å². The summed E-state index contributed by atoms with van der Waals surface area (Å²) in [5.41, 5.74) is 1.84. The molecule has 2 aromatic carbocycles. The molecule has 0 radical (unpaired) electrons. The third-order valence-electron chi connectivity index (χ3n) is 6.21. The summed E-state index contributed by atoms with van der Waals surface area (Å²) in [5.74, 6) is -0.183. The van der Waals surface area contributed by atoms with Crippen molar-refractivity contribution in [2.24, 2.45) is 11.8 Å². The zero-order valence-electron chi connectivity index (χ0n) is 18.3. The zero-order valence-corrected chi connectivity index (χ0v) is 18.3. The van der Waals surface area contributed by atoms with Gasteiger partial charge in [-0.05, 0) is 35.8 Å². The molecule has 4 heteroatoms. The summed E-state index contributed by atoms with van der Waals surface area (Å²) in [7, 11) is 0. The predicted molar refractivity (Wildman–Crippen MR) is 121 cm³/mol. The third kappa shape index (κ3) is 5.50. The Kier molecular flexibility index (Phi) is 7.67. The van der Waals surface area contributed by atoms with Gasteiger partial charge in [0.25, 0.3) is 0 Å². The summed E-state index contributed by atoms with van der Waals surface area (Å²) in [6, 6.07) is 19.1. The van der Waals surface area contributed by atoms with Gasteiger partial charge in [-0.3, -0.25) is 9.59 Å². The Labute approximate surface area is 180 Å². The Bertz CT molecular complexity index is 780. The van der Waals surface area contributed by atoms with Gasteiger partial charge in [-0.25, -0.2) is 0 Å². The van der Waals surface area contributed by atoms with Crippen LogP contribution in [0.5, 0.6) is 0 Å². The van der Waals surface area contributed by atoms with Crippen molar-refractivity contribution in [3.8, 4) is 0 Å². The second-order valence-corrected chi connectivity index (χ2v) is 8.86. The van der Waals surface area contributed by atoms with Crippen molar-refractivity contribution in [3.05, 3.63) is 71.8 Å². The van der Waals surface area contributed by atoms with E-state index in [1.807, 2.05) is 74.5 Å². The molecule has 0 unspecified atom stereocenters. The van der Waals surface area contributed by atoms with E-state index in [4.69, 9.17) is 0 Å². The van der Waals surface area contributed by atoms with Crippen LogP contribution in [0, 0.1) is 11.8 Å². The van der Waals surface area contributed by atoms with E-state index in [1.165, 1.54) is 6.42 Å². The van der Waals surface area contributed by atoms with Crippen molar-refractivity contribution < 1.29 is 9.59 Å². The van der Waals surface area contributed by atoms with Crippen LogP contribution < -0.4 is 10.6 Å². The normalized spacial score (nSPS) is 20.0. The van der Waals surface area contributed by atoms with E-state index in [1.54, 1.807) is 0 Å². The molecule has 0 heterocycles. The smallest absolute Gasteiger partial charge is 0.243 e. The molecule has 1 aliphatic carbocycles. The summed E-state index contributed by atoms with van der Waals surface area (Å²) in [6.45, 7) is 6.16. The topological polar surface area (TPSA) is 58.2 Å². The maximum absolute atomic E-state index is 13.4. The fourth-order valence-electron chi connectivity index (χ4n) is 4.36. The van der Waals surface area contributed by atoms with Crippen LogP contribution in [0.15, 0.2) is 60.7 Å². The highest BCUT2D eigenvalue weighted by molar-refractivity contribution is 5.92. The van der Waals surface area contributed by atoms with E-state index in [-0.39, 0.29) is 23.8 Å². The largest absolute Gasteiger partial charge is 0.351 e. The highest BCUT2D eigenvalue weighted by atomic mass is 16.2. The molecule has 4 nitrogen and oxygen atoms in total. The first-order chi connectivity index (χ1) is 14.5. The van der Waals surface area contributed by atoms with Crippen molar-refractivity contribution in [3.63, 3.8) is 0 Å². The molecule has 0 aliphatic heterocycles. The number of nitrogens with one attached hydrogen (secondary N) is 2. The standard InChI is InChI=1S/C26H34N2O2/c1-18(2)24(26(30)27-22-17-11-10-12-19(22)3)28-25(29)23(20-13-6-4-7-14-20)21-15-8-5-9-16-21/h4-9,13-16,18-19,22-24H,10-12,17H2,1-3H3,(H,27,30)(H,28,29)/t19-,22-,24-/m0/s1. The minimum absolute atomic E-state index is 0.0000402. The Hall–Kier alpha value is -2.62. The Balaban J connectivity index is 1.78. The molecule has 2 amide bonds. The molecule has 2 N–H and O–H groups in total. The average Bonchev–Trinajstić information content (AvgIpc) is 2.75. The summed E-state index contributed by atoms with van der Waals surface area (Å²) in [6.07, 6.45) is 4.54. The van der Waals surface area contributed by atoms with E-state index >= 15 is 0 Å². The molecule has 0 saturated heterocycles. The van der Waals surface area contributed by atoms with Gasteiger partial charge in [0, 0.05) is 6.04 Å². The molecule has 160 valence electrons. The predicted octanol–water partition coefficient (Wildman–Crippen LogP) is 4.65. The first kappa shape index (κ1) is 22.1. The molecule has 0 bridgehead atoms. The number of hydrogen-bond acceptors (Lipinski definition) is 2. The van der Waals surface area contributed by atoms with Gasteiger partial charge in [0.05, 0.1) is 5.92 Å². The van der Waals surface area contributed by atoms with Gasteiger partial charge in [-0.15, -0.1) is 0 Å². The first-order valence-electron chi connectivity index (χ1n) is 11.2. The lowest BCUT2D eigenvalue weighted by atomic mass is 9.85. The van der Waals surface area contributed by atoms with Crippen LogP contribution in [0.1, 0.15) is 63.5 Å². The lowest BCUT2D eigenvalue weighted by Gasteiger charge is -2.32. The third-order valence-corrected chi connectivity index (χ3v) is 6.21. The zero-order chi connectivity index (χ0) is 21.5. The summed E-state index contributed by atoms with van der Waals surface area (Å²) in [4.78, 5) is 26.5. The minimum Gasteiger partial charge on any atom is -0.351 e. The van der Waals surface area contributed by atoms with Crippen LogP contribution in [0.2, 0.25) is 0 Å². The number of hydrogen-bond donors (Lipinski definition) is 2. The fraction of sp³-hybridized carbons (Fsp3) is 0.462. The molecule has 1 fully saturated rings. The van der Waals surface area contributed by atoms with Gasteiger partial charge in [0.2, 0.25) is 11.8 Å². The van der Waals surface area contributed by atoms with Crippen LogP contribution >= 0.6 is 0 Å². The maximum Gasteiger partial charge on any atom is 0.243 e. The monoisotopic (exact) mass is 406 g/mol. The summed E-state index contributed by atoms with van der Waals surface area (Å²) in [5, 5.41) is 6.29. The molecule has 1 saturated carbocycles. The van der Waals surface area contributed by atoms with Crippen LogP contribution in [-0.2, 0) is 9.59 Å². The van der Waals surface area contributed by atoms with E-state index in [0.717, 1.165) is 30.4 Å². The van der Waals surface area contributed by atoms with Crippen LogP contribution in [0.3, 0.4) is 0 Å². The SMILES string of the molecule is CC(C)[C@H](NC(=O)C(c1ccccc1)c1ccccc1)C(=O)N[C@H]1CCCC[C@@H]1C. The summed E-state index contributed by atoms with van der Waals surface area (Å²) >= 11 is 0. The minimum atomic E-state index is -0.554. The van der Waals surface area contributed by atoms with Gasteiger partial charge < -0.3 is 10.6 Å². The van der Waals surface area contributed by atoms with Gasteiger partial charge in [0.15, 0.2) is 0 Å². The first-order valence-corrected chi connectivity index (χ1v) is 11.2. The van der Waals surface area contributed by atoms with Crippen molar-refractivity contribution in [2.45, 2.75) is 64.5 Å². The Morgan fingerprint density at radius 2 is 1.37 bits per heavy atom. The van der Waals surface area contributed by atoms with Crippen LogP contribution in [0.4, 0.5) is 0 Å². The fourth-order valence-corrected chi connectivity index (χ4v) is 4.36. The molecule has 0 spiro atoms. The maximum atomic E-state index is 13.4. The van der Waals surface area contributed by atoms with Gasteiger partial charge >= 0.3 is 0 Å². The van der Waals surface area contributed by atoms with E-state index in [9.17, 15) is 9.59 Å². The van der Waals surface area contributed by atoms with Crippen molar-refractivity contribution in [1.29, 1.82) is 0 Å². The average molecular weight is 407 g/mol. The van der Waals surface area contributed by atoms with Crippen LogP contribution in [0.25, 0.3) is 0 Å². The van der Waals surface area contributed by atoms with Gasteiger partial charge in [-0.1, -0.05) is 94.3 Å². The molecule has 30 heavy (non-hydrogen) atoms. The number of rotatable bonds is 7. The molecule has 2 aromatic rings. The highest BCUT2D eigenvalue weighted by Crippen LogP contribution is 2.26. The van der Waals surface area contributed by atoms with Crippen LogP contribution in [-0.4, -0.2) is 23.9 Å². The van der Waals surface area contributed by atoms with E-state index in [0.29, 0.717) is 5.92 Å². The molecule has 0 aromatic heterocycles. The molecule has 3 rings (SSSR count). The molecule has 1 aliphatic rings. The molecular formula is C26H34N2O2. The Morgan fingerprint density at radius 3 is 1.87 bits per heavy atom. The van der Waals surface area contributed by atoms with Gasteiger partial charge in [0.1, 0.15) is 6.04 Å². The van der Waals surface area contributed by atoms with E-state index in [2.05, 4.69) is 17.6 Å². The second-order valence-electron chi connectivity index (χ2n) is 8.86.